The van der Waals surface area contributed by atoms with E-state index in [-0.39, 0.29) is 11.8 Å². The van der Waals surface area contributed by atoms with Crippen LogP contribution < -0.4 is 10.2 Å². The molecule has 8 heteroatoms. The maximum absolute atomic E-state index is 13.2. The van der Waals surface area contributed by atoms with Crippen LogP contribution in [-0.4, -0.2) is 71.2 Å². The van der Waals surface area contributed by atoms with E-state index in [0.717, 1.165) is 22.4 Å². The molecule has 1 aliphatic rings. The Hall–Kier alpha value is -3.22. The number of rotatable bonds is 18. The van der Waals surface area contributed by atoms with Gasteiger partial charge in [0, 0.05) is 37.1 Å². The summed E-state index contributed by atoms with van der Waals surface area (Å²) in [4.78, 5) is 27.2. The smallest absolute Gasteiger partial charge is 0.227 e. The van der Waals surface area contributed by atoms with Crippen LogP contribution in [0.4, 0.5) is 5.69 Å². The van der Waals surface area contributed by atoms with Gasteiger partial charge in [0.1, 0.15) is 0 Å². The number of benzene rings is 2. The summed E-state index contributed by atoms with van der Waals surface area (Å²) in [5, 5.41) is 2.86. The molecule has 1 heterocycles. The Morgan fingerprint density at radius 1 is 0.769 bits per heavy atom. The van der Waals surface area contributed by atoms with Crippen LogP contribution in [0.2, 0.25) is 0 Å². The first kappa shape index (κ1) is 30.3. The molecular weight excluding hydrogens is 496 g/mol. The van der Waals surface area contributed by atoms with E-state index in [1.54, 1.807) is 0 Å². The molecule has 0 aliphatic carbocycles. The average Bonchev–Trinajstić information content (AvgIpc) is 2.94. The summed E-state index contributed by atoms with van der Waals surface area (Å²) < 4.78 is 21.5. The van der Waals surface area contributed by atoms with Crippen molar-refractivity contribution in [2.24, 2.45) is 0 Å². The lowest BCUT2D eigenvalue weighted by Gasteiger charge is -2.26. The Bertz CT molecular complexity index is 1090. The van der Waals surface area contributed by atoms with E-state index in [4.69, 9.17) is 18.9 Å². The predicted molar refractivity (Wildman–Crippen MR) is 150 cm³/mol. The number of ether oxygens (including phenoxy) is 4. The Balaban J connectivity index is 1.27. The molecule has 0 spiro atoms. The van der Waals surface area contributed by atoms with Gasteiger partial charge >= 0.3 is 0 Å². The van der Waals surface area contributed by atoms with Crippen molar-refractivity contribution in [2.45, 2.75) is 39.2 Å². The topological polar surface area (TPSA) is 86.3 Å². The molecule has 39 heavy (non-hydrogen) atoms. The fraction of sp³-hybridized carbons (Fsp3) is 0.484. The number of fused-ring (bicyclic) bond motifs is 2. The third-order valence-corrected chi connectivity index (χ3v) is 6.11. The van der Waals surface area contributed by atoms with Crippen LogP contribution in [0.25, 0.3) is 0 Å². The number of hydrogen-bond acceptors (Lipinski definition) is 6. The minimum Gasteiger partial charge on any atom is -0.379 e. The predicted octanol–water partition coefficient (Wildman–Crippen LogP) is 3.70. The zero-order valence-corrected chi connectivity index (χ0v) is 22.9. The molecule has 0 fully saturated rings. The van der Waals surface area contributed by atoms with Crippen LogP contribution >= 0.6 is 0 Å². The number of hydrogen-bond donors (Lipinski definition) is 1. The maximum Gasteiger partial charge on any atom is 0.227 e. The van der Waals surface area contributed by atoms with Gasteiger partial charge in [0.25, 0.3) is 0 Å². The summed E-state index contributed by atoms with van der Waals surface area (Å²) in [5.74, 6) is 6.45. The number of para-hydroxylation sites is 1. The zero-order chi connectivity index (χ0) is 27.5. The number of amides is 2. The van der Waals surface area contributed by atoms with Crippen LogP contribution in [0.1, 0.15) is 49.3 Å². The fourth-order valence-corrected chi connectivity index (χ4v) is 4.06. The van der Waals surface area contributed by atoms with Gasteiger partial charge in [-0.25, -0.2) is 0 Å². The fourth-order valence-electron chi connectivity index (χ4n) is 4.06. The molecular formula is C31H40N2O6. The molecule has 3 rings (SSSR count). The normalized spacial score (nSPS) is 12.0. The molecule has 1 N–H and O–H groups in total. The van der Waals surface area contributed by atoms with Gasteiger partial charge in [-0.2, -0.15) is 0 Å². The van der Waals surface area contributed by atoms with E-state index < -0.39 is 0 Å². The Morgan fingerprint density at radius 2 is 1.36 bits per heavy atom. The highest BCUT2D eigenvalue weighted by molar-refractivity contribution is 5.95. The summed E-state index contributed by atoms with van der Waals surface area (Å²) in [6, 6.07) is 15.7. The van der Waals surface area contributed by atoms with Gasteiger partial charge < -0.3 is 29.2 Å². The molecule has 2 amide bonds. The summed E-state index contributed by atoms with van der Waals surface area (Å²) in [6.07, 6.45) is 2.04. The Kier molecular flexibility index (Phi) is 14.1. The SMILES string of the molecule is CCOCCOCCOCCOCCNC(=O)CCCCC(=O)N1Cc2ccccc2C#Cc2ccccc21. The van der Waals surface area contributed by atoms with Gasteiger partial charge in [-0.15, -0.1) is 0 Å². The van der Waals surface area contributed by atoms with Crippen molar-refractivity contribution in [2.75, 3.05) is 64.3 Å². The number of nitrogens with one attached hydrogen (secondary N) is 1. The van der Waals surface area contributed by atoms with Crippen LogP contribution in [0, 0.1) is 11.8 Å². The van der Waals surface area contributed by atoms with Crippen molar-refractivity contribution < 1.29 is 28.5 Å². The molecule has 0 bridgehead atoms. The van der Waals surface area contributed by atoms with E-state index in [1.807, 2.05) is 60.4 Å². The highest BCUT2D eigenvalue weighted by Gasteiger charge is 2.20. The quantitative estimate of drug-likeness (QED) is 0.231. The molecule has 1 aliphatic heterocycles. The van der Waals surface area contributed by atoms with Crippen molar-refractivity contribution in [3.05, 3.63) is 65.2 Å². The van der Waals surface area contributed by atoms with Crippen LogP contribution in [-0.2, 0) is 35.1 Å². The van der Waals surface area contributed by atoms with Gasteiger partial charge in [-0.3, -0.25) is 9.59 Å². The zero-order valence-electron chi connectivity index (χ0n) is 22.9. The first-order chi connectivity index (χ1) is 19.2. The minimum absolute atomic E-state index is 0.0349. The number of carbonyl (C=O) groups excluding carboxylic acids is 2. The van der Waals surface area contributed by atoms with Crippen molar-refractivity contribution in [3.63, 3.8) is 0 Å². The number of carbonyl (C=O) groups is 2. The summed E-state index contributed by atoms with van der Waals surface area (Å²) in [6.45, 7) is 7.16. The van der Waals surface area contributed by atoms with Crippen LogP contribution in [0.3, 0.4) is 0 Å². The average molecular weight is 537 g/mol. The molecule has 2 aromatic carbocycles. The van der Waals surface area contributed by atoms with Gasteiger partial charge in [-0.05, 0) is 43.5 Å². The lowest BCUT2D eigenvalue weighted by atomic mass is 10.0. The van der Waals surface area contributed by atoms with Crippen LogP contribution in [0.5, 0.6) is 0 Å². The second-order valence-corrected chi connectivity index (χ2v) is 9.00. The molecule has 8 nitrogen and oxygen atoms in total. The number of unbranched alkanes of at least 4 members (excludes halogenated alkanes) is 1. The Morgan fingerprint density at radius 3 is 2.10 bits per heavy atom. The first-order valence-electron chi connectivity index (χ1n) is 13.8. The standard InChI is InChI=1S/C31H40N2O6/c1-2-36-19-20-38-23-24-39-22-21-37-18-17-32-30(34)13-7-8-14-31(35)33-25-28-11-4-3-9-26(28)15-16-27-10-5-6-12-29(27)33/h3-6,9-12H,2,7-8,13-14,17-25H2,1H3,(H,32,34). The van der Waals surface area contributed by atoms with Gasteiger partial charge in [0.05, 0.1) is 58.5 Å². The van der Waals surface area contributed by atoms with Crippen molar-refractivity contribution >= 4 is 17.5 Å². The lowest BCUT2D eigenvalue weighted by molar-refractivity contribution is -0.122. The number of anilines is 1. The van der Waals surface area contributed by atoms with Gasteiger partial charge in [-0.1, -0.05) is 42.2 Å². The molecule has 0 radical (unpaired) electrons. The van der Waals surface area contributed by atoms with Crippen molar-refractivity contribution in [1.82, 2.24) is 5.32 Å². The molecule has 210 valence electrons. The third-order valence-electron chi connectivity index (χ3n) is 6.11. The summed E-state index contributed by atoms with van der Waals surface area (Å²) in [7, 11) is 0. The van der Waals surface area contributed by atoms with Crippen LogP contribution in [0.15, 0.2) is 48.5 Å². The van der Waals surface area contributed by atoms with E-state index in [9.17, 15) is 9.59 Å². The molecule has 0 saturated heterocycles. The third kappa shape index (κ3) is 11.2. The monoisotopic (exact) mass is 536 g/mol. The van der Waals surface area contributed by atoms with E-state index >= 15 is 0 Å². The lowest BCUT2D eigenvalue weighted by Crippen LogP contribution is -2.31. The molecule has 0 saturated carbocycles. The molecule has 2 aromatic rings. The largest absolute Gasteiger partial charge is 0.379 e. The van der Waals surface area contributed by atoms with E-state index in [0.29, 0.717) is 91.6 Å². The Labute approximate surface area is 232 Å². The number of nitrogens with zero attached hydrogens (tertiary/aromatic N) is 1. The van der Waals surface area contributed by atoms with Gasteiger partial charge in [0.15, 0.2) is 0 Å². The van der Waals surface area contributed by atoms with Crippen molar-refractivity contribution in [1.29, 1.82) is 0 Å². The molecule has 0 atom stereocenters. The van der Waals surface area contributed by atoms with Gasteiger partial charge in [0.2, 0.25) is 11.8 Å². The summed E-state index contributed by atoms with van der Waals surface area (Å²) in [5.41, 5.74) is 3.65. The second-order valence-electron chi connectivity index (χ2n) is 9.00. The van der Waals surface area contributed by atoms with Crippen molar-refractivity contribution in [3.8, 4) is 11.8 Å². The highest BCUT2D eigenvalue weighted by atomic mass is 16.6. The minimum atomic E-state index is -0.0349. The van der Waals surface area contributed by atoms with E-state index in [2.05, 4.69) is 17.2 Å². The van der Waals surface area contributed by atoms with E-state index in [1.165, 1.54) is 0 Å². The highest BCUT2D eigenvalue weighted by Crippen LogP contribution is 2.26. The first-order valence-corrected chi connectivity index (χ1v) is 13.8. The molecule has 0 unspecified atom stereocenters. The maximum atomic E-state index is 13.2. The molecule has 0 aromatic heterocycles. The second kappa shape index (κ2) is 18.1. The summed E-state index contributed by atoms with van der Waals surface area (Å²) >= 11 is 0.